The van der Waals surface area contributed by atoms with E-state index in [0.717, 1.165) is 18.9 Å². The van der Waals surface area contributed by atoms with Gasteiger partial charge in [0, 0.05) is 43.3 Å². The van der Waals surface area contributed by atoms with Gasteiger partial charge in [0.15, 0.2) is 5.82 Å². The Bertz CT molecular complexity index is 1260. The second-order valence-electron chi connectivity index (χ2n) is 7.96. The number of nitrogens with zero attached hydrogens (tertiary/aromatic N) is 3. The van der Waals surface area contributed by atoms with Crippen molar-refractivity contribution < 1.29 is 18.7 Å². The number of aromatic nitrogens is 2. The van der Waals surface area contributed by atoms with Gasteiger partial charge in [0.2, 0.25) is 5.43 Å². The largest absolute Gasteiger partial charge is 0.477 e. The lowest BCUT2D eigenvalue weighted by atomic mass is 10.0. The molecule has 0 bridgehead atoms. The van der Waals surface area contributed by atoms with Gasteiger partial charge in [-0.15, -0.1) is 0 Å². The molecule has 0 atom stereocenters. The number of carbonyl (C=O) groups is 1. The van der Waals surface area contributed by atoms with E-state index < -0.39 is 28.6 Å². The summed E-state index contributed by atoms with van der Waals surface area (Å²) in [7, 11) is 0. The first-order valence-corrected chi connectivity index (χ1v) is 9.97. The van der Waals surface area contributed by atoms with Crippen molar-refractivity contribution in [3.63, 3.8) is 0 Å². The Kier molecular flexibility index (Phi) is 4.25. The molecule has 0 radical (unpaired) electrons. The van der Waals surface area contributed by atoms with Gasteiger partial charge >= 0.3 is 5.97 Å². The van der Waals surface area contributed by atoms with Gasteiger partial charge in [-0.05, 0) is 31.9 Å². The molecule has 0 spiro atoms. The van der Waals surface area contributed by atoms with Gasteiger partial charge < -0.3 is 19.9 Å². The van der Waals surface area contributed by atoms with E-state index in [-0.39, 0.29) is 33.7 Å². The number of fused-ring (bicyclic) bond motifs is 2. The summed E-state index contributed by atoms with van der Waals surface area (Å²) in [6.07, 6.45) is 3.50. The number of halogens is 2. The van der Waals surface area contributed by atoms with Crippen molar-refractivity contribution in [1.82, 2.24) is 14.9 Å². The Hall–Kier alpha value is -3.07. The Morgan fingerprint density at radius 1 is 1.27 bits per heavy atom. The minimum Gasteiger partial charge on any atom is -0.477 e. The number of hydrogen-bond acceptors (Lipinski definition) is 5. The second kappa shape index (κ2) is 6.73. The molecule has 1 saturated carbocycles. The summed E-state index contributed by atoms with van der Waals surface area (Å²) >= 11 is 0. The van der Waals surface area contributed by atoms with Crippen molar-refractivity contribution in [1.29, 1.82) is 0 Å². The van der Waals surface area contributed by atoms with Crippen LogP contribution in [-0.4, -0.2) is 45.8 Å². The van der Waals surface area contributed by atoms with Crippen LogP contribution >= 0.6 is 0 Å². The van der Waals surface area contributed by atoms with E-state index in [1.807, 2.05) is 0 Å². The number of anilines is 1. The first kappa shape index (κ1) is 18.9. The van der Waals surface area contributed by atoms with Gasteiger partial charge in [0.1, 0.15) is 28.2 Å². The third-order valence-corrected chi connectivity index (χ3v) is 5.82. The number of carboxylic acids is 1. The number of aryl methyl sites for hydroxylation is 1. The van der Waals surface area contributed by atoms with Crippen LogP contribution in [0.2, 0.25) is 0 Å². The fourth-order valence-electron chi connectivity index (χ4n) is 4.07. The molecular formula is C21H20F2N4O3. The zero-order chi connectivity index (χ0) is 21.2. The molecule has 1 aliphatic heterocycles. The van der Waals surface area contributed by atoms with E-state index in [1.54, 1.807) is 11.8 Å². The molecule has 0 unspecified atom stereocenters. The van der Waals surface area contributed by atoms with Gasteiger partial charge in [-0.2, -0.15) is 0 Å². The predicted molar refractivity (Wildman–Crippen MR) is 108 cm³/mol. The molecular weight excluding hydrogens is 394 g/mol. The van der Waals surface area contributed by atoms with E-state index in [1.165, 1.54) is 16.8 Å². The Morgan fingerprint density at radius 2 is 2.00 bits per heavy atom. The summed E-state index contributed by atoms with van der Waals surface area (Å²) < 4.78 is 31.6. The van der Waals surface area contributed by atoms with Crippen molar-refractivity contribution >= 4 is 33.6 Å². The highest BCUT2D eigenvalue weighted by atomic mass is 19.1. The fourth-order valence-corrected chi connectivity index (χ4v) is 4.07. The van der Waals surface area contributed by atoms with Crippen molar-refractivity contribution in [3.8, 4) is 0 Å². The minimum atomic E-state index is -1.36. The van der Waals surface area contributed by atoms with Crippen molar-refractivity contribution in [2.45, 2.75) is 38.4 Å². The maximum Gasteiger partial charge on any atom is 0.341 e. The van der Waals surface area contributed by atoms with Crippen LogP contribution in [0, 0.1) is 11.6 Å². The Morgan fingerprint density at radius 3 is 2.63 bits per heavy atom. The van der Waals surface area contributed by atoms with Gasteiger partial charge in [-0.3, -0.25) is 4.79 Å². The molecule has 5 rings (SSSR count). The van der Waals surface area contributed by atoms with Crippen molar-refractivity contribution in [2.24, 2.45) is 0 Å². The highest BCUT2D eigenvalue weighted by Gasteiger charge is 2.35. The highest BCUT2D eigenvalue weighted by Crippen LogP contribution is 2.34. The predicted octanol–water partition coefficient (Wildman–Crippen LogP) is 2.49. The molecule has 156 valence electrons. The van der Waals surface area contributed by atoms with Crippen molar-refractivity contribution in [2.75, 3.05) is 18.0 Å². The summed E-state index contributed by atoms with van der Waals surface area (Å²) in [5.74, 6) is -2.85. The number of benzene rings is 1. The molecule has 2 aromatic heterocycles. The molecule has 3 aromatic rings. The monoisotopic (exact) mass is 414 g/mol. The second-order valence-corrected chi connectivity index (χ2v) is 7.96. The summed E-state index contributed by atoms with van der Waals surface area (Å²) in [5, 5.41) is 12.9. The lowest BCUT2D eigenvalue weighted by molar-refractivity contribution is 0.0695. The number of rotatable bonds is 5. The lowest BCUT2D eigenvalue weighted by Gasteiger charge is -2.41. The number of aromatic carboxylic acids is 1. The number of hydrogen-bond donors (Lipinski definition) is 2. The smallest absolute Gasteiger partial charge is 0.341 e. The molecule has 1 saturated heterocycles. The van der Waals surface area contributed by atoms with Crippen LogP contribution in [-0.2, 0) is 6.54 Å². The highest BCUT2D eigenvalue weighted by molar-refractivity contribution is 5.97. The standard InChI is InChI=1S/C21H20F2N4O3/c1-2-26-9-14(21(29)30)19(28)13-5-10-6-15(22)18(16(23)17(10)25-20(13)26)27-7-12(8-27)24-11-3-4-11/h5-6,9,11-12,24H,2-4,7-8H2,1H3,(H,29,30). The molecule has 3 heterocycles. The van der Waals surface area contributed by atoms with E-state index >= 15 is 4.39 Å². The Balaban J connectivity index is 1.64. The SMILES string of the molecule is CCn1cc(C(=O)O)c(=O)c2cc3cc(F)c(N4CC(NC5CC5)C4)c(F)c3nc21. The van der Waals surface area contributed by atoms with E-state index in [2.05, 4.69) is 10.3 Å². The van der Waals surface area contributed by atoms with Crippen LogP contribution in [0.3, 0.4) is 0 Å². The lowest BCUT2D eigenvalue weighted by Crippen LogP contribution is -2.59. The number of carboxylic acid groups (broad SMARTS) is 1. The summed E-state index contributed by atoms with van der Waals surface area (Å²) in [6.45, 7) is 3.14. The molecule has 0 amide bonds. The zero-order valence-corrected chi connectivity index (χ0v) is 16.3. The molecule has 1 aromatic carbocycles. The normalized spacial score (nSPS) is 17.0. The van der Waals surface area contributed by atoms with Gasteiger partial charge in [0.05, 0.1) is 5.39 Å². The van der Waals surface area contributed by atoms with Crippen LogP contribution in [0.5, 0.6) is 0 Å². The third kappa shape index (κ3) is 2.92. The molecule has 30 heavy (non-hydrogen) atoms. The molecule has 1 aliphatic carbocycles. The minimum absolute atomic E-state index is 0.0217. The van der Waals surface area contributed by atoms with Gasteiger partial charge in [0.25, 0.3) is 0 Å². The molecule has 9 heteroatoms. The van der Waals surface area contributed by atoms with E-state index in [0.29, 0.717) is 25.7 Å². The van der Waals surface area contributed by atoms with Crippen LogP contribution in [0.4, 0.5) is 14.5 Å². The van der Waals surface area contributed by atoms with Crippen LogP contribution in [0.15, 0.2) is 23.1 Å². The van der Waals surface area contributed by atoms with Crippen LogP contribution < -0.4 is 15.6 Å². The zero-order valence-electron chi connectivity index (χ0n) is 16.3. The molecule has 7 nitrogen and oxygen atoms in total. The van der Waals surface area contributed by atoms with Crippen molar-refractivity contribution in [3.05, 3.63) is 45.8 Å². The summed E-state index contributed by atoms with van der Waals surface area (Å²) in [6, 6.07) is 3.22. The Labute approximate surface area is 169 Å². The third-order valence-electron chi connectivity index (χ3n) is 5.82. The topological polar surface area (TPSA) is 87.5 Å². The number of pyridine rings is 2. The average molecular weight is 414 g/mol. The quantitative estimate of drug-likeness (QED) is 0.624. The van der Waals surface area contributed by atoms with Gasteiger partial charge in [-0.1, -0.05) is 0 Å². The van der Waals surface area contributed by atoms with Gasteiger partial charge in [-0.25, -0.2) is 18.6 Å². The summed E-state index contributed by atoms with van der Waals surface area (Å²) in [5.41, 5.74) is -1.11. The fraction of sp³-hybridized carbons (Fsp3) is 0.381. The van der Waals surface area contributed by atoms with E-state index in [4.69, 9.17) is 0 Å². The maximum atomic E-state index is 15.3. The molecule has 2 fully saturated rings. The first-order valence-electron chi connectivity index (χ1n) is 9.97. The molecule has 2 N–H and O–H groups in total. The van der Waals surface area contributed by atoms with Crippen LogP contribution in [0.1, 0.15) is 30.1 Å². The summed E-state index contributed by atoms with van der Waals surface area (Å²) in [4.78, 5) is 29.9. The number of nitrogens with one attached hydrogen (secondary N) is 1. The average Bonchev–Trinajstić information content (AvgIpc) is 3.49. The van der Waals surface area contributed by atoms with E-state index in [9.17, 15) is 19.1 Å². The maximum absolute atomic E-state index is 15.3. The van der Waals surface area contributed by atoms with Crippen LogP contribution in [0.25, 0.3) is 21.9 Å². The first-order chi connectivity index (χ1) is 14.4. The molecule has 2 aliphatic rings.